The van der Waals surface area contributed by atoms with Crippen molar-refractivity contribution in [2.24, 2.45) is 5.41 Å². The maximum absolute atomic E-state index is 2.25. The summed E-state index contributed by atoms with van der Waals surface area (Å²) in [4.78, 5) is 0. The highest BCUT2D eigenvalue weighted by Gasteiger charge is 2.16. The molecule has 33 heavy (non-hydrogen) atoms. The topological polar surface area (TPSA) is 0 Å². The van der Waals surface area contributed by atoms with Crippen LogP contribution in [-0.2, 0) is 0 Å². The molecule has 0 amide bonds. The molecule has 0 spiro atoms. The Bertz CT molecular complexity index is 717. The number of rotatable bonds is 6. The van der Waals surface area contributed by atoms with Crippen LogP contribution in [-0.4, -0.2) is 0 Å². The highest BCUT2D eigenvalue weighted by atomic mass is 14.2. The molecule has 0 aromatic heterocycles. The van der Waals surface area contributed by atoms with Crippen LogP contribution in [0.1, 0.15) is 94.7 Å². The monoisotopic (exact) mass is 452 g/mol. The lowest BCUT2D eigenvalue weighted by molar-refractivity contribution is 0.595. The molecule has 1 aromatic rings. The van der Waals surface area contributed by atoms with Crippen LogP contribution in [0.2, 0.25) is 0 Å². The van der Waals surface area contributed by atoms with Crippen LogP contribution in [0.3, 0.4) is 0 Å². The summed E-state index contributed by atoms with van der Waals surface area (Å²) in [5, 5.41) is 0. The standard InChI is InChI=1S/C20H30.C8H10.2C2H6.CH4/c1-8-11-18(5)13-10-16-20(6,7)19(12-9-2)15-14-17(3)4;1-7-3-5-8(2)6-4-7;2*1-2;/h8-16H,1-7H3;3-6H,1-2H3;2*1-2H3;1H4/b11-8-,12-9-,16-10+,18-13-,19-15+;;;;. The van der Waals surface area contributed by atoms with Gasteiger partial charge in [0.25, 0.3) is 0 Å². The van der Waals surface area contributed by atoms with Crippen LogP contribution in [0.15, 0.2) is 95.7 Å². The van der Waals surface area contributed by atoms with E-state index in [1.807, 2.05) is 34.6 Å². The first-order valence-electron chi connectivity index (χ1n) is 12.1. The van der Waals surface area contributed by atoms with Gasteiger partial charge >= 0.3 is 0 Å². The van der Waals surface area contributed by atoms with E-state index in [1.54, 1.807) is 0 Å². The predicted molar refractivity (Wildman–Crippen MR) is 159 cm³/mol. The maximum atomic E-state index is 2.25. The molecular formula is C33H56. The van der Waals surface area contributed by atoms with Gasteiger partial charge in [-0.25, -0.2) is 0 Å². The number of hydrogen-bond acceptors (Lipinski definition) is 0. The molecule has 0 nitrogen and oxygen atoms in total. The lowest BCUT2D eigenvalue weighted by Crippen LogP contribution is -2.09. The fraction of sp³-hybridized carbons (Fsp3) is 0.455. The largest absolute Gasteiger partial charge is 0.0874 e. The van der Waals surface area contributed by atoms with Gasteiger partial charge in [0.1, 0.15) is 0 Å². The molecule has 0 radical (unpaired) electrons. The van der Waals surface area contributed by atoms with Crippen molar-refractivity contribution in [3.05, 3.63) is 107 Å². The van der Waals surface area contributed by atoms with E-state index in [2.05, 4.69) is 134 Å². The average Bonchev–Trinajstić information content (AvgIpc) is 2.76. The maximum Gasteiger partial charge on any atom is 0.00783 e. The van der Waals surface area contributed by atoms with E-state index in [0.717, 1.165) is 0 Å². The van der Waals surface area contributed by atoms with Gasteiger partial charge in [0.15, 0.2) is 0 Å². The molecule has 0 atom stereocenters. The SMILES string of the molecule is C.CC.CC.C\C=C/C(C)=C\C=C\C(C)(C)C(/C=C\C)=C/C=C(C)C.Cc1ccc(C)cc1. The Labute approximate surface area is 209 Å². The van der Waals surface area contributed by atoms with Gasteiger partial charge < -0.3 is 0 Å². The molecule has 0 fully saturated rings. The van der Waals surface area contributed by atoms with E-state index in [1.165, 1.54) is 27.8 Å². The third-order valence-corrected chi connectivity index (χ3v) is 4.21. The summed E-state index contributed by atoms with van der Waals surface area (Å²) in [5.41, 5.74) is 6.57. The van der Waals surface area contributed by atoms with Gasteiger partial charge in [0.2, 0.25) is 0 Å². The van der Waals surface area contributed by atoms with Crippen molar-refractivity contribution in [1.29, 1.82) is 0 Å². The van der Waals surface area contributed by atoms with E-state index in [4.69, 9.17) is 0 Å². The second-order valence-electron chi connectivity index (χ2n) is 8.01. The van der Waals surface area contributed by atoms with Gasteiger partial charge in [0, 0.05) is 5.41 Å². The minimum absolute atomic E-state index is 0. The van der Waals surface area contributed by atoms with Gasteiger partial charge in [0.05, 0.1) is 0 Å². The van der Waals surface area contributed by atoms with E-state index in [9.17, 15) is 0 Å². The summed E-state index contributed by atoms with van der Waals surface area (Å²) in [5.74, 6) is 0. The molecule has 0 N–H and O–H groups in total. The van der Waals surface area contributed by atoms with E-state index in [-0.39, 0.29) is 12.8 Å². The quantitative estimate of drug-likeness (QED) is 0.376. The van der Waals surface area contributed by atoms with Crippen LogP contribution in [0, 0.1) is 19.3 Å². The number of aryl methyl sites for hydroxylation is 2. The first-order chi connectivity index (χ1) is 15.1. The molecule has 188 valence electrons. The zero-order chi connectivity index (χ0) is 25.6. The van der Waals surface area contributed by atoms with Crippen molar-refractivity contribution in [2.45, 2.75) is 97.4 Å². The minimum Gasteiger partial charge on any atom is -0.0874 e. The zero-order valence-electron chi connectivity index (χ0n) is 23.5. The number of hydrogen-bond donors (Lipinski definition) is 0. The molecule has 0 heteroatoms. The molecule has 0 saturated heterocycles. The van der Waals surface area contributed by atoms with Gasteiger partial charge in [-0.05, 0) is 54.0 Å². The Morgan fingerprint density at radius 1 is 0.697 bits per heavy atom. The van der Waals surface area contributed by atoms with Gasteiger partial charge in [-0.15, -0.1) is 0 Å². The highest BCUT2D eigenvalue weighted by molar-refractivity contribution is 5.35. The lowest BCUT2D eigenvalue weighted by Gasteiger charge is -2.22. The predicted octanol–water partition coefficient (Wildman–Crippen LogP) is 11.6. The molecule has 0 bridgehead atoms. The van der Waals surface area contributed by atoms with Crippen molar-refractivity contribution in [2.75, 3.05) is 0 Å². The van der Waals surface area contributed by atoms with Crippen LogP contribution >= 0.6 is 0 Å². The summed E-state index contributed by atoms with van der Waals surface area (Å²) in [6, 6.07) is 8.48. The summed E-state index contributed by atoms with van der Waals surface area (Å²) in [6.07, 6.45) is 19.4. The first kappa shape index (κ1) is 37.9. The Morgan fingerprint density at radius 2 is 1.12 bits per heavy atom. The van der Waals surface area contributed by atoms with Crippen LogP contribution in [0.25, 0.3) is 0 Å². The Morgan fingerprint density at radius 3 is 1.48 bits per heavy atom. The van der Waals surface area contributed by atoms with E-state index < -0.39 is 0 Å². The fourth-order valence-corrected chi connectivity index (χ4v) is 2.41. The van der Waals surface area contributed by atoms with Crippen LogP contribution in [0.4, 0.5) is 0 Å². The third kappa shape index (κ3) is 22.6. The molecule has 0 aliphatic carbocycles. The molecule has 0 aliphatic heterocycles. The van der Waals surface area contributed by atoms with Crippen molar-refractivity contribution >= 4 is 0 Å². The molecule has 0 unspecified atom stereocenters. The van der Waals surface area contributed by atoms with Crippen LogP contribution < -0.4 is 0 Å². The second-order valence-corrected chi connectivity index (χ2v) is 8.01. The van der Waals surface area contributed by atoms with Crippen molar-refractivity contribution in [3.63, 3.8) is 0 Å². The van der Waals surface area contributed by atoms with Crippen molar-refractivity contribution < 1.29 is 0 Å². The van der Waals surface area contributed by atoms with Crippen LogP contribution in [0.5, 0.6) is 0 Å². The molecule has 0 aliphatic rings. The molecule has 1 rings (SSSR count). The van der Waals surface area contributed by atoms with Crippen molar-refractivity contribution in [3.8, 4) is 0 Å². The van der Waals surface area contributed by atoms with Gasteiger partial charge in [-0.3, -0.25) is 0 Å². The smallest absolute Gasteiger partial charge is 0.00783 e. The molecule has 0 saturated carbocycles. The second kappa shape index (κ2) is 24.3. The number of allylic oxidation sites excluding steroid dienone is 12. The summed E-state index contributed by atoms with van der Waals surface area (Å²) in [6.45, 7) is 27.1. The first-order valence-corrected chi connectivity index (χ1v) is 12.1. The number of benzene rings is 1. The average molecular weight is 453 g/mol. The van der Waals surface area contributed by atoms with Gasteiger partial charge in [-0.1, -0.05) is 150 Å². The van der Waals surface area contributed by atoms with Crippen molar-refractivity contribution in [1.82, 2.24) is 0 Å². The molecule has 0 heterocycles. The minimum atomic E-state index is 0. The Kier molecular flexibility index (Phi) is 28.0. The normalized spacial score (nSPS) is 11.5. The third-order valence-electron chi connectivity index (χ3n) is 4.21. The van der Waals surface area contributed by atoms with Gasteiger partial charge in [-0.2, -0.15) is 0 Å². The lowest BCUT2D eigenvalue weighted by atomic mass is 9.83. The molecular weight excluding hydrogens is 396 g/mol. The fourth-order valence-electron chi connectivity index (χ4n) is 2.41. The summed E-state index contributed by atoms with van der Waals surface area (Å²) in [7, 11) is 0. The van der Waals surface area contributed by atoms with E-state index in [0.29, 0.717) is 0 Å². The molecule has 1 aromatic carbocycles. The Balaban J connectivity index is -0.000000268. The van der Waals surface area contributed by atoms with E-state index >= 15 is 0 Å². The summed E-state index contributed by atoms with van der Waals surface area (Å²) >= 11 is 0. The summed E-state index contributed by atoms with van der Waals surface area (Å²) < 4.78 is 0. The Hall–Kier alpha value is -2.34. The zero-order valence-corrected chi connectivity index (χ0v) is 23.5. The highest BCUT2D eigenvalue weighted by Crippen LogP contribution is 2.29.